The summed E-state index contributed by atoms with van der Waals surface area (Å²) in [5.41, 5.74) is 6.86. The first-order chi connectivity index (χ1) is 8.56. The highest BCUT2D eigenvalue weighted by molar-refractivity contribution is 9.10. The predicted octanol–water partition coefficient (Wildman–Crippen LogP) is 3.23. The molecule has 1 aromatic carbocycles. The van der Waals surface area contributed by atoms with Gasteiger partial charge in [-0.1, -0.05) is 22.0 Å². The molecule has 0 unspecified atom stereocenters. The Labute approximate surface area is 113 Å². The van der Waals surface area contributed by atoms with Gasteiger partial charge in [0.05, 0.1) is 0 Å². The van der Waals surface area contributed by atoms with Gasteiger partial charge in [0.1, 0.15) is 17.3 Å². The number of pyridine rings is 1. The summed E-state index contributed by atoms with van der Waals surface area (Å²) in [4.78, 5) is 4.14. The molecule has 2 aromatic rings. The third-order valence-corrected chi connectivity index (χ3v) is 3.24. The maximum absolute atomic E-state index is 7.33. The van der Waals surface area contributed by atoms with E-state index in [0.717, 1.165) is 10.0 Å². The van der Waals surface area contributed by atoms with Crippen molar-refractivity contribution in [3.05, 3.63) is 52.1 Å². The molecule has 3 N–H and O–H groups in total. The van der Waals surface area contributed by atoms with Gasteiger partial charge in [-0.2, -0.15) is 0 Å². The van der Waals surface area contributed by atoms with E-state index in [-0.39, 0.29) is 5.84 Å². The predicted molar refractivity (Wildman–Crippen MR) is 74.2 cm³/mol. The van der Waals surface area contributed by atoms with Crippen LogP contribution in [-0.2, 0) is 0 Å². The van der Waals surface area contributed by atoms with Crippen molar-refractivity contribution in [1.82, 2.24) is 4.98 Å². The van der Waals surface area contributed by atoms with E-state index >= 15 is 0 Å². The van der Waals surface area contributed by atoms with Crippen molar-refractivity contribution in [1.29, 1.82) is 5.41 Å². The summed E-state index contributed by atoms with van der Waals surface area (Å²) in [6, 6.07) is 10.8. The fraction of sp³-hybridized carbons (Fsp3) is 0.0769. The Morgan fingerprint density at radius 3 is 2.78 bits per heavy atom. The maximum atomic E-state index is 7.33. The number of nitrogen functional groups attached to an aromatic ring is 1. The fourth-order valence-electron chi connectivity index (χ4n) is 1.42. The summed E-state index contributed by atoms with van der Waals surface area (Å²) in [6.07, 6.45) is 0. The lowest BCUT2D eigenvalue weighted by Crippen LogP contribution is -2.13. The average Bonchev–Trinajstić information content (AvgIpc) is 2.34. The highest BCUT2D eigenvalue weighted by atomic mass is 79.9. The van der Waals surface area contributed by atoms with Crippen molar-refractivity contribution >= 4 is 21.8 Å². The molecule has 0 aliphatic heterocycles. The lowest BCUT2D eigenvalue weighted by atomic mass is 10.2. The summed E-state index contributed by atoms with van der Waals surface area (Å²) < 4.78 is 6.65. The molecule has 0 fully saturated rings. The number of halogens is 1. The summed E-state index contributed by atoms with van der Waals surface area (Å²) in [5.74, 6) is 1.04. The Kier molecular flexibility index (Phi) is 3.62. The van der Waals surface area contributed by atoms with Crippen LogP contribution < -0.4 is 10.5 Å². The number of nitrogens with two attached hydrogens (primary N) is 1. The molecule has 0 atom stereocenters. The second-order valence-corrected chi connectivity index (χ2v) is 4.64. The van der Waals surface area contributed by atoms with Crippen molar-refractivity contribution < 1.29 is 4.74 Å². The van der Waals surface area contributed by atoms with Crippen LogP contribution in [0.15, 0.2) is 40.9 Å². The highest BCUT2D eigenvalue weighted by Crippen LogP contribution is 2.25. The molecule has 0 saturated heterocycles. The van der Waals surface area contributed by atoms with E-state index in [1.165, 1.54) is 0 Å². The molecule has 0 aliphatic rings. The number of aryl methyl sites for hydroxylation is 1. The maximum Gasteiger partial charge on any atom is 0.219 e. The van der Waals surface area contributed by atoms with Crippen molar-refractivity contribution in [2.45, 2.75) is 6.92 Å². The third kappa shape index (κ3) is 2.87. The molecule has 0 spiro atoms. The fourth-order valence-corrected chi connectivity index (χ4v) is 1.67. The smallest absolute Gasteiger partial charge is 0.219 e. The molecule has 1 heterocycles. The van der Waals surface area contributed by atoms with Crippen LogP contribution in [0.1, 0.15) is 11.3 Å². The third-order valence-electron chi connectivity index (χ3n) is 2.35. The molecule has 18 heavy (non-hydrogen) atoms. The summed E-state index contributed by atoms with van der Waals surface area (Å²) in [6.45, 7) is 1.98. The summed E-state index contributed by atoms with van der Waals surface area (Å²) in [5, 5.41) is 7.33. The zero-order valence-corrected chi connectivity index (χ0v) is 11.4. The van der Waals surface area contributed by atoms with Gasteiger partial charge in [-0.15, -0.1) is 0 Å². The molecule has 4 nitrogen and oxygen atoms in total. The largest absolute Gasteiger partial charge is 0.439 e. The molecule has 5 heteroatoms. The number of benzene rings is 1. The number of rotatable bonds is 3. The standard InChI is InChI=1S/C13H12BrN3O/c1-8-7-9(5-6-10(8)14)18-12-4-2-3-11(17-12)13(15)16/h2-7H,1H3,(H3,15,16). The second kappa shape index (κ2) is 5.18. The summed E-state index contributed by atoms with van der Waals surface area (Å²) >= 11 is 3.43. The minimum atomic E-state index is -0.0764. The van der Waals surface area contributed by atoms with Gasteiger partial charge in [0.2, 0.25) is 5.88 Å². The molecule has 0 saturated carbocycles. The van der Waals surface area contributed by atoms with Gasteiger partial charge in [0.25, 0.3) is 0 Å². The minimum absolute atomic E-state index is 0.0764. The first kappa shape index (κ1) is 12.6. The van der Waals surface area contributed by atoms with Gasteiger partial charge in [0, 0.05) is 10.5 Å². The Morgan fingerprint density at radius 1 is 1.33 bits per heavy atom. The van der Waals surface area contributed by atoms with Gasteiger partial charge < -0.3 is 10.5 Å². The Morgan fingerprint density at radius 2 is 2.11 bits per heavy atom. The molecule has 2 rings (SSSR count). The Bertz CT molecular complexity index is 599. The molecular weight excluding hydrogens is 294 g/mol. The van der Waals surface area contributed by atoms with Crippen molar-refractivity contribution in [3.8, 4) is 11.6 Å². The zero-order valence-electron chi connectivity index (χ0n) is 9.77. The van der Waals surface area contributed by atoms with E-state index in [1.807, 2.05) is 25.1 Å². The highest BCUT2D eigenvalue weighted by Gasteiger charge is 2.04. The quantitative estimate of drug-likeness (QED) is 0.675. The van der Waals surface area contributed by atoms with Crippen LogP contribution in [0.25, 0.3) is 0 Å². The van der Waals surface area contributed by atoms with Crippen LogP contribution in [0, 0.1) is 12.3 Å². The SMILES string of the molecule is Cc1cc(Oc2cccc(C(=N)N)n2)ccc1Br. The van der Waals surface area contributed by atoms with Gasteiger partial charge in [0.15, 0.2) is 0 Å². The van der Waals surface area contributed by atoms with E-state index < -0.39 is 0 Å². The molecule has 0 bridgehead atoms. The first-order valence-corrected chi connectivity index (χ1v) is 6.11. The van der Waals surface area contributed by atoms with Crippen LogP contribution in [-0.4, -0.2) is 10.8 Å². The van der Waals surface area contributed by atoms with Gasteiger partial charge in [-0.25, -0.2) is 4.98 Å². The van der Waals surface area contributed by atoms with E-state index in [9.17, 15) is 0 Å². The zero-order chi connectivity index (χ0) is 13.1. The lowest BCUT2D eigenvalue weighted by molar-refractivity contribution is 0.462. The van der Waals surface area contributed by atoms with Gasteiger partial charge in [-0.05, 0) is 36.8 Å². The van der Waals surface area contributed by atoms with E-state index in [4.69, 9.17) is 15.9 Å². The van der Waals surface area contributed by atoms with E-state index in [0.29, 0.717) is 17.3 Å². The number of hydrogen-bond acceptors (Lipinski definition) is 3. The normalized spacial score (nSPS) is 10.1. The Hall–Kier alpha value is -1.88. The molecule has 1 aromatic heterocycles. The van der Waals surface area contributed by atoms with Crippen molar-refractivity contribution in [3.63, 3.8) is 0 Å². The van der Waals surface area contributed by atoms with Gasteiger partial charge >= 0.3 is 0 Å². The van der Waals surface area contributed by atoms with Crippen LogP contribution >= 0.6 is 15.9 Å². The first-order valence-electron chi connectivity index (χ1n) is 5.32. The van der Waals surface area contributed by atoms with Crippen molar-refractivity contribution in [2.24, 2.45) is 5.73 Å². The number of nitrogens with zero attached hydrogens (tertiary/aromatic N) is 1. The van der Waals surface area contributed by atoms with Crippen molar-refractivity contribution in [2.75, 3.05) is 0 Å². The Balaban J connectivity index is 2.25. The number of nitrogens with one attached hydrogen (secondary N) is 1. The van der Waals surface area contributed by atoms with Crippen LogP contribution in [0.5, 0.6) is 11.6 Å². The van der Waals surface area contributed by atoms with Crippen LogP contribution in [0.3, 0.4) is 0 Å². The van der Waals surface area contributed by atoms with Crippen LogP contribution in [0.2, 0.25) is 0 Å². The van der Waals surface area contributed by atoms with Crippen LogP contribution in [0.4, 0.5) is 0 Å². The molecule has 0 aliphatic carbocycles. The summed E-state index contributed by atoms with van der Waals surface area (Å²) in [7, 11) is 0. The lowest BCUT2D eigenvalue weighted by Gasteiger charge is -2.07. The van der Waals surface area contributed by atoms with Gasteiger partial charge in [-0.3, -0.25) is 5.41 Å². The number of ether oxygens (including phenoxy) is 1. The minimum Gasteiger partial charge on any atom is -0.439 e. The second-order valence-electron chi connectivity index (χ2n) is 3.79. The topological polar surface area (TPSA) is 72.0 Å². The molecule has 0 radical (unpaired) electrons. The number of aromatic nitrogens is 1. The molecule has 0 amide bonds. The molecule has 92 valence electrons. The monoisotopic (exact) mass is 305 g/mol. The number of hydrogen-bond donors (Lipinski definition) is 2. The van der Waals surface area contributed by atoms with E-state index in [2.05, 4.69) is 20.9 Å². The number of amidine groups is 1. The average molecular weight is 306 g/mol. The molecular formula is C13H12BrN3O. The van der Waals surface area contributed by atoms with E-state index in [1.54, 1.807) is 18.2 Å².